The molecule has 1 heterocycles. The van der Waals surface area contributed by atoms with Crippen LogP contribution in [0.5, 0.6) is 0 Å². The molecule has 0 spiro atoms. The molecule has 0 aromatic carbocycles. The van der Waals surface area contributed by atoms with Crippen LogP contribution in [-0.2, 0) is 9.53 Å². The molecule has 1 aliphatic rings. The first-order chi connectivity index (χ1) is 7.40. The molecule has 1 fully saturated rings. The van der Waals surface area contributed by atoms with Gasteiger partial charge in [0.2, 0.25) is 0 Å². The minimum Gasteiger partial charge on any atom is -0.479 e. The SMILES string of the molecule is CC1(C(=O)O)CCCC(C(O)C(O)CO)O1. The van der Waals surface area contributed by atoms with Gasteiger partial charge < -0.3 is 25.2 Å². The van der Waals surface area contributed by atoms with Crippen molar-refractivity contribution in [3.05, 3.63) is 0 Å². The molecule has 0 saturated carbocycles. The number of carbonyl (C=O) groups is 1. The van der Waals surface area contributed by atoms with Gasteiger partial charge in [0, 0.05) is 0 Å². The van der Waals surface area contributed by atoms with Crippen molar-refractivity contribution in [3.8, 4) is 0 Å². The molecule has 1 saturated heterocycles. The quantitative estimate of drug-likeness (QED) is 0.503. The van der Waals surface area contributed by atoms with E-state index in [-0.39, 0.29) is 0 Å². The van der Waals surface area contributed by atoms with Crippen molar-refractivity contribution in [3.63, 3.8) is 0 Å². The summed E-state index contributed by atoms with van der Waals surface area (Å²) < 4.78 is 5.30. The van der Waals surface area contributed by atoms with Gasteiger partial charge in [-0.25, -0.2) is 4.79 Å². The van der Waals surface area contributed by atoms with E-state index < -0.39 is 36.5 Å². The maximum atomic E-state index is 11.0. The second-order valence-corrected chi connectivity index (χ2v) is 4.33. The number of carboxylic acids is 1. The molecule has 6 heteroatoms. The summed E-state index contributed by atoms with van der Waals surface area (Å²) in [5.74, 6) is -1.08. The fourth-order valence-corrected chi connectivity index (χ4v) is 1.85. The average Bonchev–Trinajstić information content (AvgIpc) is 2.27. The third-order valence-corrected chi connectivity index (χ3v) is 2.97. The number of aliphatic hydroxyl groups excluding tert-OH is 3. The first-order valence-electron chi connectivity index (χ1n) is 5.29. The Bertz CT molecular complexity index is 256. The maximum absolute atomic E-state index is 11.0. The Labute approximate surface area is 93.5 Å². The lowest BCUT2D eigenvalue weighted by Crippen LogP contribution is -2.51. The van der Waals surface area contributed by atoms with Gasteiger partial charge in [-0.2, -0.15) is 0 Å². The Morgan fingerprint density at radius 3 is 2.69 bits per heavy atom. The summed E-state index contributed by atoms with van der Waals surface area (Å²) in [4.78, 5) is 11.0. The zero-order valence-electron chi connectivity index (χ0n) is 9.17. The van der Waals surface area contributed by atoms with Crippen molar-refractivity contribution < 1.29 is 30.0 Å². The van der Waals surface area contributed by atoms with Gasteiger partial charge in [-0.05, 0) is 26.2 Å². The van der Waals surface area contributed by atoms with E-state index in [2.05, 4.69) is 0 Å². The Hall–Kier alpha value is -0.690. The van der Waals surface area contributed by atoms with Crippen LogP contribution >= 0.6 is 0 Å². The Balaban J connectivity index is 2.67. The number of hydrogen-bond acceptors (Lipinski definition) is 5. The van der Waals surface area contributed by atoms with Crippen LogP contribution in [0.1, 0.15) is 26.2 Å². The topological polar surface area (TPSA) is 107 Å². The molecule has 4 atom stereocenters. The average molecular weight is 234 g/mol. The number of ether oxygens (including phenoxy) is 1. The summed E-state index contributed by atoms with van der Waals surface area (Å²) in [6.07, 6.45) is -1.87. The zero-order valence-corrected chi connectivity index (χ0v) is 9.17. The summed E-state index contributed by atoms with van der Waals surface area (Å²) in [5.41, 5.74) is -1.32. The highest BCUT2D eigenvalue weighted by atomic mass is 16.5. The second kappa shape index (κ2) is 5.09. The van der Waals surface area contributed by atoms with E-state index in [1.165, 1.54) is 6.92 Å². The van der Waals surface area contributed by atoms with Gasteiger partial charge in [0.25, 0.3) is 0 Å². The molecule has 0 amide bonds. The van der Waals surface area contributed by atoms with E-state index in [0.29, 0.717) is 19.3 Å². The van der Waals surface area contributed by atoms with E-state index in [4.69, 9.17) is 14.9 Å². The number of carboxylic acid groups (broad SMARTS) is 1. The predicted molar refractivity (Wildman–Crippen MR) is 53.9 cm³/mol. The van der Waals surface area contributed by atoms with E-state index in [0.717, 1.165) is 0 Å². The lowest BCUT2D eigenvalue weighted by atomic mass is 9.90. The first kappa shape index (κ1) is 13.4. The van der Waals surface area contributed by atoms with E-state index in [1.807, 2.05) is 0 Å². The fraction of sp³-hybridized carbons (Fsp3) is 0.900. The fourth-order valence-electron chi connectivity index (χ4n) is 1.85. The van der Waals surface area contributed by atoms with Crippen molar-refractivity contribution in [2.24, 2.45) is 0 Å². The lowest BCUT2D eigenvalue weighted by molar-refractivity contribution is -0.201. The summed E-state index contributed by atoms with van der Waals surface area (Å²) in [6.45, 7) is 0.865. The largest absolute Gasteiger partial charge is 0.479 e. The summed E-state index contributed by atoms with van der Waals surface area (Å²) in [7, 11) is 0. The minimum absolute atomic E-state index is 0.376. The molecule has 94 valence electrons. The summed E-state index contributed by atoms with van der Waals surface area (Å²) in [6, 6.07) is 0. The van der Waals surface area contributed by atoms with E-state index in [9.17, 15) is 15.0 Å². The number of rotatable bonds is 4. The van der Waals surface area contributed by atoms with Crippen LogP contribution in [0.3, 0.4) is 0 Å². The van der Waals surface area contributed by atoms with Crippen molar-refractivity contribution >= 4 is 5.97 Å². The molecule has 1 aliphatic heterocycles. The van der Waals surface area contributed by atoms with Crippen LogP contribution in [0.2, 0.25) is 0 Å². The van der Waals surface area contributed by atoms with Crippen LogP contribution in [0, 0.1) is 0 Å². The molecule has 0 aromatic heterocycles. The molecule has 0 radical (unpaired) electrons. The smallest absolute Gasteiger partial charge is 0.335 e. The van der Waals surface area contributed by atoms with Gasteiger partial charge in [-0.15, -0.1) is 0 Å². The van der Waals surface area contributed by atoms with Crippen molar-refractivity contribution in [2.45, 2.75) is 50.1 Å². The normalized spacial score (nSPS) is 34.4. The standard InChI is InChI=1S/C10H18O6/c1-10(9(14)15)4-2-3-7(16-10)8(13)6(12)5-11/h6-8,11-13H,2-5H2,1H3,(H,14,15). The third-order valence-electron chi connectivity index (χ3n) is 2.97. The molecule has 1 rings (SSSR count). The third kappa shape index (κ3) is 2.70. The van der Waals surface area contributed by atoms with Gasteiger partial charge >= 0.3 is 5.97 Å². The molecule has 4 N–H and O–H groups in total. The van der Waals surface area contributed by atoms with Crippen molar-refractivity contribution in [1.29, 1.82) is 0 Å². The second-order valence-electron chi connectivity index (χ2n) is 4.33. The van der Waals surface area contributed by atoms with Crippen LogP contribution < -0.4 is 0 Å². The number of aliphatic carboxylic acids is 1. The lowest BCUT2D eigenvalue weighted by Gasteiger charge is -2.38. The highest BCUT2D eigenvalue weighted by Gasteiger charge is 2.42. The zero-order chi connectivity index (χ0) is 12.3. The van der Waals surface area contributed by atoms with Crippen LogP contribution in [0.25, 0.3) is 0 Å². The van der Waals surface area contributed by atoms with Crippen molar-refractivity contribution in [1.82, 2.24) is 0 Å². The van der Waals surface area contributed by atoms with Gasteiger partial charge in [0.05, 0.1) is 12.7 Å². The van der Waals surface area contributed by atoms with Crippen LogP contribution in [0.15, 0.2) is 0 Å². The van der Waals surface area contributed by atoms with Gasteiger partial charge in [0.1, 0.15) is 12.2 Å². The predicted octanol–water partition coefficient (Wildman–Crippen LogP) is -0.887. The minimum atomic E-state index is -1.32. The Kier molecular flexibility index (Phi) is 4.26. The van der Waals surface area contributed by atoms with Crippen LogP contribution in [0.4, 0.5) is 0 Å². The molecule has 0 aliphatic carbocycles. The number of aliphatic hydroxyl groups is 3. The Morgan fingerprint density at radius 2 is 2.19 bits per heavy atom. The monoisotopic (exact) mass is 234 g/mol. The molecule has 0 aromatic rings. The molecule has 0 bridgehead atoms. The van der Waals surface area contributed by atoms with Gasteiger partial charge in [-0.3, -0.25) is 0 Å². The summed E-state index contributed by atoms with van der Waals surface area (Å²) >= 11 is 0. The van der Waals surface area contributed by atoms with Gasteiger partial charge in [-0.1, -0.05) is 0 Å². The van der Waals surface area contributed by atoms with Gasteiger partial charge in [0.15, 0.2) is 5.60 Å². The maximum Gasteiger partial charge on any atom is 0.335 e. The van der Waals surface area contributed by atoms with E-state index >= 15 is 0 Å². The van der Waals surface area contributed by atoms with E-state index in [1.54, 1.807) is 0 Å². The summed E-state index contributed by atoms with van der Waals surface area (Å²) in [5, 5.41) is 36.6. The van der Waals surface area contributed by atoms with Crippen molar-refractivity contribution in [2.75, 3.05) is 6.61 Å². The molecular weight excluding hydrogens is 216 g/mol. The molecule has 6 nitrogen and oxygen atoms in total. The van der Waals surface area contributed by atoms with Crippen LogP contribution in [-0.4, -0.2) is 56.9 Å². The number of hydrogen-bond donors (Lipinski definition) is 4. The molecular formula is C10H18O6. The molecule has 4 unspecified atom stereocenters. The molecule has 16 heavy (non-hydrogen) atoms. The first-order valence-corrected chi connectivity index (χ1v) is 5.29. The Morgan fingerprint density at radius 1 is 1.56 bits per heavy atom. The highest BCUT2D eigenvalue weighted by molar-refractivity contribution is 5.77. The highest BCUT2D eigenvalue weighted by Crippen LogP contribution is 2.30.